The van der Waals surface area contributed by atoms with E-state index in [4.69, 9.17) is 0 Å². The summed E-state index contributed by atoms with van der Waals surface area (Å²) in [4.78, 5) is 31.7. The number of carbonyl (C=O) groups is 1. The van der Waals surface area contributed by atoms with Gasteiger partial charge < -0.3 is 15.0 Å². The number of rotatable bonds is 7. The Balaban J connectivity index is 1.56. The smallest absolute Gasteiger partial charge is 0.387 e. The maximum absolute atomic E-state index is 12.8. The van der Waals surface area contributed by atoms with E-state index >= 15 is 0 Å². The van der Waals surface area contributed by atoms with E-state index in [2.05, 4.69) is 26.9 Å². The van der Waals surface area contributed by atoms with Crippen molar-refractivity contribution in [2.75, 3.05) is 0 Å². The van der Waals surface area contributed by atoms with Crippen molar-refractivity contribution in [2.24, 2.45) is 5.41 Å². The minimum atomic E-state index is -2.88. The van der Waals surface area contributed by atoms with E-state index in [9.17, 15) is 18.4 Å². The van der Waals surface area contributed by atoms with Crippen LogP contribution in [0.15, 0.2) is 35.1 Å². The van der Waals surface area contributed by atoms with Crippen LogP contribution in [0.4, 0.5) is 8.78 Å². The standard InChI is InChI=1S/C20H21F2N3O3/c1-20(8-9-20)16(11-4-6-13(7-5-11)28-19(21)22)25-18(27)14-10-15(26)24-17(23-14)12-2-3-12/h4-7,10,12,16,19H,2-3,8-9H2,1H3,(H,25,27)(H,23,24,26)/t16-/m0/s1. The Morgan fingerprint density at radius 3 is 2.54 bits per heavy atom. The SMILES string of the molecule is CC1([C@@H](NC(=O)c2cc(=O)[nH]c(C3CC3)n2)c2ccc(OC(F)F)cc2)CC1. The first-order valence-electron chi connectivity index (χ1n) is 9.31. The van der Waals surface area contributed by atoms with Gasteiger partial charge in [0.1, 0.15) is 17.3 Å². The number of aromatic amines is 1. The van der Waals surface area contributed by atoms with Crippen molar-refractivity contribution >= 4 is 5.91 Å². The third-order valence-electron chi connectivity index (χ3n) is 5.41. The number of alkyl halides is 2. The number of hydrogen-bond donors (Lipinski definition) is 2. The third kappa shape index (κ3) is 4.05. The second-order valence-corrected chi connectivity index (χ2v) is 7.80. The minimum Gasteiger partial charge on any atom is -0.435 e. The number of nitrogens with zero attached hydrogens (tertiary/aromatic N) is 1. The molecule has 1 aromatic carbocycles. The van der Waals surface area contributed by atoms with Crippen molar-refractivity contribution in [3.63, 3.8) is 0 Å². The Labute approximate surface area is 160 Å². The third-order valence-corrected chi connectivity index (χ3v) is 5.41. The normalized spacial score (nSPS) is 18.6. The average molecular weight is 389 g/mol. The molecule has 28 heavy (non-hydrogen) atoms. The van der Waals surface area contributed by atoms with Crippen molar-refractivity contribution in [1.82, 2.24) is 15.3 Å². The van der Waals surface area contributed by atoms with Gasteiger partial charge in [0.05, 0.1) is 6.04 Å². The number of nitrogens with one attached hydrogen (secondary N) is 2. The highest BCUT2D eigenvalue weighted by Crippen LogP contribution is 2.54. The van der Waals surface area contributed by atoms with Gasteiger partial charge in [-0.25, -0.2) is 4.98 Å². The predicted octanol–water partition coefficient (Wildman–Crippen LogP) is 3.52. The predicted molar refractivity (Wildman–Crippen MR) is 97.5 cm³/mol. The molecule has 148 valence electrons. The maximum atomic E-state index is 12.8. The van der Waals surface area contributed by atoms with E-state index in [1.165, 1.54) is 18.2 Å². The fraction of sp³-hybridized carbons (Fsp3) is 0.450. The Morgan fingerprint density at radius 2 is 1.96 bits per heavy atom. The molecule has 0 unspecified atom stereocenters. The first-order chi connectivity index (χ1) is 13.3. The molecule has 2 saturated carbocycles. The Bertz CT molecular complexity index is 934. The monoisotopic (exact) mass is 389 g/mol. The summed E-state index contributed by atoms with van der Waals surface area (Å²) in [5.74, 6) is 0.425. The molecular weight excluding hydrogens is 368 g/mol. The number of benzene rings is 1. The van der Waals surface area contributed by atoms with E-state index < -0.39 is 12.5 Å². The van der Waals surface area contributed by atoms with Crippen LogP contribution in [0.5, 0.6) is 5.75 Å². The molecule has 1 atom stereocenters. The van der Waals surface area contributed by atoms with Crippen LogP contribution in [0.2, 0.25) is 0 Å². The van der Waals surface area contributed by atoms with Gasteiger partial charge in [0.15, 0.2) is 0 Å². The van der Waals surface area contributed by atoms with Gasteiger partial charge in [0.25, 0.3) is 11.5 Å². The number of aromatic nitrogens is 2. The van der Waals surface area contributed by atoms with E-state index in [1.807, 2.05) is 0 Å². The van der Waals surface area contributed by atoms with Gasteiger partial charge in [-0.3, -0.25) is 9.59 Å². The van der Waals surface area contributed by atoms with Crippen LogP contribution in [0.1, 0.15) is 66.4 Å². The van der Waals surface area contributed by atoms with Crippen molar-refractivity contribution < 1.29 is 18.3 Å². The number of halogens is 2. The quantitative estimate of drug-likeness (QED) is 0.759. The summed E-state index contributed by atoms with van der Waals surface area (Å²) in [6.07, 6.45) is 3.79. The van der Waals surface area contributed by atoms with Crippen LogP contribution in [0.25, 0.3) is 0 Å². The first kappa shape index (κ1) is 18.6. The van der Waals surface area contributed by atoms with Crippen LogP contribution in [-0.2, 0) is 0 Å². The lowest BCUT2D eigenvalue weighted by atomic mass is 9.91. The van der Waals surface area contributed by atoms with Crippen LogP contribution >= 0.6 is 0 Å². The summed E-state index contributed by atoms with van der Waals surface area (Å²) in [6.45, 7) is -0.826. The molecule has 2 N–H and O–H groups in total. The topological polar surface area (TPSA) is 84.1 Å². The molecule has 0 saturated heterocycles. The lowest BCUT2D eigenvalue weighted by Crippen LogP contribution is -2.35. The molecule has 6 nitrogen and oxygen atoms in total. The van der Waals surface area contributed by atoms with Crippen molar-refractivity contribution in [3.8, 4) is 5.75 Å². The van der Waals surface area contributed by atoms with Crippen LogP contribution in [-0.4, -0.2) is 22.5 Å². The number of H-pyrrole nitrogens is 1. The lowest BCUT2D eigenvalue weighted by molar-refractivity contribution is -0.0498. The highest BCUT2D eigenvalue weighted by Gasteiger charge is 2.46. The van der Waals surface area contributed by atoms with E-state index in [1.54, 1.807) is 12.1 Å². The number of amides is 1. The van der Waals surface area contributed by atoms with Crippen molar-refractivity contribution in [1.29, 1.82) is 0 Å². The van der Waals surface area contributed by atoms with Gasteiger partial charge in [-0.1, -0.05) is 19.1 Å². The second kappa shape index (κ2) is 7.00. The summed E-state index contributed by atoms with van der Waals surface area (Å²) in [5, 5.41) is 2.98. The summed E-state index contributed by atoms with van der Waals surface area (Å²) in [6, 6.07) is 7.16. The Hall–Kier alpha value is -2.77. The molecule has 2 fully saturated rings. The molecule has 2 aliphatic rings. The molecule has 2 aromatic rings. The van der Waals surface area contributed by atoms with E-state index in [0.717, 1.165) is 31.2 Å². The Morgan fingerprint density at radius 1 is 1.29 bits per heavy atom. The summed E-state index contributed by atoms with van der Waals surface area (Å²) in [5.41, 5.74) is 0.422. The van der Waals surface area contributed by atoms with Crippen LogP contribution < -0.4 is 15.6 Å². The lowest BCUT2D eigenvalue weighted by Gasteiger charge is -2.25. The van der Waals surface area contributed by atoms with E-state index in [-0.39, 0.29) is 34.4 Å². The molecule has 2 aliphatic carbocycles. The zero-order valence-corrected chi connectivity index (χ0v) is 15.4. The largest absolute Gasteiger partial charge is 0.435 e. The highest BCUT2D eigenvalue weighted by molar-refractivity contribution is 5.92. The number of hydrogen-bond acceptors (Lipinski definition) is 4. The molecule has 0 spiro atoms. The maximum Gasteiger partial charge on any atom is 0.387 e. The Kier molecular flexibility index (Phi) is 4.64. The molecule has 4 rings (SSSR count). The molecule has 0 aliphatic heterocycles. The molecule has 1 amide bonds. The molecule has 0 bridgehead atoms. The van der Waals surface area contributed by atoms with Crippen molar-refractivity contribution in [3.05, 3.63) is 57.8 Å². The van der Waals surface area contributed by atoms with E-state index in [0.29, 0.717) is 5.82 Å². The number of ether oxygens (including phenoxy) is 1. The van der Waals surface area contributed by atoms with Gasteiger partial charge >= 0.3 is 6.61 Å². The second-order valence-electron chi connectivity index (χ2n) is 7.80. The first-order valence-corrected chi connectivity index (χ1v) is 9.31. The minimum absolute atomic E-state index is 0.0649. The van der Waals surface area contributed by atoms with Gasteiger partial charge in [0.2, 0.25) is 0 Å². The van der Waals surface area contributed by atoms with Gasteiger partial charge in [-0.15, -0.1) is 0 Å². The fourth-order valence-corrected chi connectivity index (χ4v) is 3.34. The molecule has 1 heterocycles. The average Bonchev–Trinajstić information content (AvgIpc) is 3.56. The molecule has 1 aromatic heterocycles. The van der Waals surface area contributed by atoms with Gasteiger partial charge in [0, 0.05) is 12.0 Å². The molecule has 0 radical (unpaired) electrons. The summed E-state index contributed by atoms with van der Waals surface area (Å²) < 4.78 is 29.1. The number of carbonyl (C=O) groups excluding carboxylic acids is 1. The highest BCUT2D eigenvalue weighted by atomic mass is 19.3. The zero-order chi connectivity index (χ0) is 19.9. The van der Waals surface area contributed by atoms with Crippen molar-refractivity contribution in [2.45, 2.75) is 51.2 Å². The molecule has 8 heteroatoms. The molecular formula is C20H21F2N3O3. The summed E-state index contributed by atoms with van der Waals surface area (Å²) >= 11 is 0. The van der Waals surface area contributed by atoms with Gasteiger partial charge in [-0.05, 0) is 48.8 Å². The zero-order valence-electron chi connectivity index (χ0n) is 15.4. The van der Waals surface area contributed by atoms with Gasteiger partial charge in [-0.2, -0.15) is 8.78 Å². The fourth-order valence-electron chi connectivity index (χ4n) is 3.34. The van der Waals surface area contributed by atoms with Crippen LogP contribution in [0, 0.1) is 5.41 Å². The van der Waals surface area contributed by atoms with Crippen LogP contribution in [0.3, 0.4) is 0 Å². The summed E-state index contributed by atoms with van der Waals surface area (Å²) in [7, 11) is 0.